The number of aryl methyl sites for hydroxylation is 2. The van der Waals surface area contributed by atoms with Crippen LogP contribution in [0.25, 0.3) is 0 Å². The van der Waals surface area contributed by atoms with Crippen LogP contribution in [0.3, 0.4) is 0 Å². The molecule has 0 aliphatic rings. The molecule has 1 aromatic rings. The zero-order valence-electron chi connectivity index (χ0n) is 10.2. The number of halogens is 1. The Morgan fingerprint density at radius 1 is 1.24 bits per heavy atom. The van der Waals surface area contributed by atoms with Gasteiger partial charge in [0.05, 0.1) is 4.90 Å². The van der Waals surface area contributed by atoms with E-state index in [2.05, 4.69) is 27.3 Å². The number of hydrogen-bond donors (Lipinski definition) is 1. The van der Waals surface area contributed by atoms with Gasteiger partial charge in [-0.25, -0.2) is 13.1 Å². The molecule has 0 atom stereocenters. The molecule has 1 aromatic carbocycles. The van der Waals surface area contributed by atoms with Crippen molar-refractivity contribution in [1.29, 1.82) is 0 Å². The number of sulfonamides is 1. The summed E-state index contributed by atoms with van der Waals surface area (Å²) in [5.74, 6) is 0. The Labute approximate surface area is 117 Å². The fourth-order valence-corrected chi connectivity index (χ4v) is 3.44. The number of hydrogen-bond acceptors (Lipinski definition) is 2. The lowest BCUT2D eigenvalue weighted by atomic mass is 10.2. The zero-order valence-corrected chi connectivity index (χ0v) is 13.1. The highest BCUT2D eigenvalue weighted by Gasteiger charge is 2.15. The molecule has 0 heterocycles. The van der Waals surface area contributed by atoms with E-state index < -0.39 is 10.0 Å². The summed E-state index contributed by atoms with van der Waals surface area (Å²) in [6, 6.07) is 5.39. The Morgan fingerprint density at radius 3 is 2.53 bits per heavy atom. The summed E-state index contributed by atoms with van der Waals surface area (Å²) >= 11 is 2.29. The lowest BCUT2D eigenvalue weighted by molar-refractivity contribution is 0.578. The van der Waals surface area contributed by atoms with E-state index in [0.717, 1.165) is 28.4 Å². The molecule has 0 unspecified atom stereocenters. The fraction of sp³-hybridized carbons (Fsp3) is 0.500. The van der Waals surface area contributed by atoms with Crippen molar-refractivity contribution in [2.24, 2.45) is 0 Å². The molecule has 3 nitrogen and oxygen atoms in total. The van der Waals surface area contributed by atoms with E-state index in [9.17, 15) is 8.42 Å². The number of benzene rings is 1. The van der Waals surface area contributed by atoms with Crippen molar-refractivity contribution in [3.63, 3.8) is 0 Å². The summed E-state index contributed by atoms with van der Waals surface area (Å²) in [5.41, 5.74) is 1.87. The Balaban J connectivity index is 2.76. The van der Waals surface area contributed by atoms with Crippen molar-refractivity contribution in [2.75, 3.05) is 11.0 Å². The zero-order chi connectivity index (χ0) is 12.9. The van der Waals surface area contributed by atoms with Gasteiger partial charge in [-0.3, -0.25) is 0 Å². The van der Waals surface area contributed by atoms with Gasteiger partial charge in [0.15, 0.2) is 0 Å². The largest absolute Gasteiger partial charge is 0.240 e. The molecule has 0 aromatic heterocycles. The summed E-state index contributed by atoms with van der Waals surface area (Å²) < 4.78 is 27.7. The molecule has 0 saturated carbocycles. The third kappa shape index (κ3) is 4.56. The molecule has 17 heavy (non-hydrogen) atoms. The minimum absolute atomic E-state index is 0.387. The van der Waals surface area contributed by atoms with Crippen LogP contribution < -0.4 is 4.72 Å². The minimum atomic E-state index is -3.34. The molecule has 1 N–H and O–H groups in total. The monoisotopic (exact) mass is 367 g/mol. The van der Waals surface area contributed by atoms with Crippen molar-refractivity contribution in [3.8, 4) is 0 Å². The molecule has 1 rings (SSSR count). The SMILES string of the molecule is Cc1ccc(S(=O)(=O)NCCCCI)c(C)c1. The minimum Gasteiger partial charge on any atom is -0.211 e. The van der Waals surface area contributed by atoms with Crippen molar-refractivity contribution in [2.45, 2.75) is 31.6 Å². The van der Waals surface area contributed by atoms with Crippen LogP contribution in [-0.4, -0.2) is 19.4 Å². The van der Waals surface area contributed by atoms with Gasteiger partial charge >= 0.3 is 0 Å². The Morgan fingerprint density at radius 2 is 1.94 bits per heavy atom. The van der Waals surface area contributed by atoms with E-state index in [4.69, 9.17) is 0 Å². The first-order chi connectivity index (χ1) is 7.97. The molecule has 0 amide bonds. The maximum atomic E-state index is 12.0. The van der Waals surface area contributed by atoms with Gasteiger partial charge in [0.1, 0.15) is 0 Å². The third-order valence-corrected chi connectivity index (χ3v) is 4.86. The predicted octanol–water partition coefficient (Wildman–Crippen LogP) is 2.80. The molecule has 0 bridgehead atoms. The van der Waals surface area contributed by atoms with E-state index >= 15 is 0 Å². The number of rotatable bonds is 6. The van der Waals surface area contributed by atoms with E-state index in [1.165, 1.54) is 0 Å². The molecule has 0 fully saturated rings. The summed E-state index contributed by atoms with van der Waals surface area (Å²) in [4.78, 5) is 0.387. The molecule has 0 aliphatic heterocycles. The molecule has 96 valence electrons. The van der Waals surface area contributed by atoms with Gasteiger partial charge in [0, 0.05) is 6.54 Å². The van der Waals surface area contributed by atoms with Crippen molar-refractivity contribution in [3.05, 3.63) is 29.3 Å². The molecule has 0 saturated heterocycles. The topological polar surface area (TPSA) is 46.2 Å². The Bertz CT molecular complexity index is 471. The number of nitrogens with one attached hydrogen (secondary N) is 1. The maximum absolute atomic E-state index is 12.0. The van der Waals surface area contributed by atoms with Gasteiger partial charge in [-0.15, -0.1) is 0 Å². The lowest BCUT2D eigenvalue weighted by Gasteiger charge is -2.09. The van der Waals surface area contributed by atoms with E-state index in [0.29, 0.717) is 11.4 Å². The highest BCUT2D eigenvalue weighted by atomic mass is 127. The summed E-state index contributed by atoms with van der Waals surface area (Å²) in [5, 5.41) is 0. The predicted molar refractivity (Wildman–Crippen MR) is 79.2 cm³/mol. The average molecular weight is 367 g/mol. The van der Waals surface area contributed by atoms with E-state index in [1.807, 2.05) is 26.0 Å². The second kappa shape index (κ2) is 6.70. The molecule has 0 radical (unpaired) electrons. The van der Waals surface area contributed by atoms with Gasteiger partial charge < -0.3 is 0 Å². The average Bonchev–Trinajstić information content (AvgIpc) is 2.24. The first-order valence-corrected chi connectivity index (χ1v) is 8.61. The normalized spacial score (nSPS) is 11.7. The number of unbranched alkanes of at least 4 members (excludes halogenated alkanes) is 1. The quantitative estimate of drug-likeness (QED) is 0.478. The summed E-state index contributed by atoms with van der Waals surface area (Å²) in [7, 11) is -3.34. The molecule has 0 spiro atoms. The fourth-order valence-electron chi connectivity index (χ4n) is 1.60. The first kappa shape index (κ1) is 14.9. The standard InChI is InChI=1S/C12H18INO2S/c1-10-5-6-12(11(2)9-10)17(15,16)14-8-4-3-7-13/h5-6,9,14H,3-4,7-8H2,1-2H3. The van der Waals surface area contributed by atoms with Crippen LogP contribution in [0.1, 0.15) is 24.0 Å². The van der Waals surface area contributed by atoms with Crippen LogP contribution in [0.5, 0.6) is 0 Å². The van der Waals surface area contributed by atoms with Gasteiger partial charge in [-0.2, -0.15) is 0 Å². The van der Waals surface area contributed by atoms with Gasteiger partial charge in [0.25, 0.3) is 0 Å². The first-order valence-electron chi connectivity index (χ1n) is 5.60. The number of alkyl halides is 1. The van der Waals surface area contributed by atoms with Crippen LogP contribution >= 0.6 is 22.6 Å². The molecule has 0 aliphatic carbocycles. The van der Waals surface area contributed by atoms with Gasteiger partial charge in [0.2, 0.25) is 10.0 Å². The lowest BCUT2D eigenvalue weighted by Crippen LogP contribution is -2.25. The highest BCUT2D eigenvalue weighted by molar-refractivity contribution is 14.1. The second-order valence-corrected chi connectivity index (χ2v) is 6.88. The second-order valence-electron chi connectivity index (χ2n) is 4.06. The van der Waals surface area contributed by atoms with E-state index in [-0.39, 0.29) is 0 Å². The maximum Gasteiger partial charge on any atom is 0.240 e. The van der Waals surface area contributed by atoms with Crippen LogP contribution in [0, 0.1) is 13.8 Å². The van der Waals surface area contributed by atoms with Crippen LogP contribution in [0.2, 0.25) is 0 Å². The molecular formula is C12H18INO2S. The van der Waals surface area contributed by atoms with E-state index in [1.54, 1.807) is 6.07 Å². The van der Waals surface area contributed by atoms with Crippen LogP contribution in [-0.2, 0) is 10.0 Å². The van der Waals surface area contributed by atoms with Crippen LogP contribution in [0.4, 0.5) is 0 Å². The smallest absolute Gasteiger partial charge is 0.211 e. The highest BCUT2D eigenvalue weighted by Crippen LogP contribution is 2.16. The Kier molecular flexibility index (Phi) is 5.88. The molecular weight excluding hydrogens is 349 g/mol. The molecule has 5 heteroatoms. The van der Waals surface area contributed by atoms with Crippen LogP contribution in [0.15, 0.2) is 23.1 Å². The summed E-state index contributed by atoms with van der Waals surface area (Å²) in [6.07, 6.45) is 1.92. The van der Waals surface area contributed by atoms with Crippen molar-refractivity contribution < 1.29 is 8.42 Å². The summed E-state index contributed by atoms with van der Waals surface area (Å²) in [6.45, 7) is 4.29. The van der Waals surface area contributed by atoms with Crippen molar-refractivity contribution >= 4 is 32.6 Å². The third-order valence-electron chi connectivity index (χ3n) is 2.47. The van der Waals surface area contributed by atoms with Crippen molar-refractivity contribution in [1.82, 2.24) is 4.72 Å². The van der Waals surface area contributed by atoms with Gasteiger partial charge in [-0.1, -0.05) is 40.3 Å². The van der Waals surface area contributed by atoms with Gasteiger partial charge in [-0.05, 0) is 42.7 Å². The Hall–Kier alpha value is -0.140.